The molecule has 3 heteroatoms. The number of pyridine rings is 1. The molecular weight excluding hydrogens is 118 g/mol. The van der Waals surface area contributed by atoms with E-state index in [4.69, 9.17) is 5.11 Å². The van der Waals surface area contributed by atoms with E-state index in [2.05, 4.69) is 4.98 Å². The Morgan fingerprint density at radius 3 is 2.67 bits per heavy atom. The average Bonchev–Trinajstić information content (AvgIpc) is 1.90. The molecule has 0 saturated heterocycles. The summed E-state index contributed by atoms with van der Waals surface area (Å²) in [4.78, 5) is 3.62. The highest BCUT2D eigenvalue weighted by molar-refractivity contribution is 5.03. The molecule has 0 aliphatic heterocycles. The van der Waals surface area contributed by atoms with Crippen LogP contribution in [0.2, 0.25) is 0 Å². The topological polar surface area (TPSA) is 56.2 Å². The predicted molar refractivity (Wildman–Crippen MR) is 29.2 cm³/mol. The highest BCUT2D eigenvalue weighted by atomic mass is 16.5. The fraction of sp³-hybridized carbons (Fsp3) is 0.167. The number of aliphatic hydroxyl groups excluding tert-OH is 1. The molecule has 0 amide bonds. The van der Waals surface area contributed by atoms with Gasteiger partial charge in [-0.1, -0.05) is 6.07 Å². The van der Waals surface area contributed by atoms with Gasteiger partial charge in [0.25, 0.3) is 0 Å². The SMILES string of the molecule is [O-]C(O)c1ccccn1. The van der Waals surface area contributed by atoms with Gasteiger partial charge >= 0.3 is 0 Å². The minimum Gasteiger partial charge on any atom is -0.827 e. The molecule has 0 bridgehead atoms. The number of nitrogens with zero attached hydrogens (tertiary/aromatic N) is 1. The lowest BCUT2D eigenvalue weighted by molar-refractivity contribution is -0.491. The lowest BCUT2D eigenvalue weighted by Gasteiger charge is -2.12. The largest absolute Gasteiger partial charge is 0.827 e. The molecule has 0 aliphatic rings. The highest BCUT2D eigenvalue weighted by Gasteiger charge is 1.89. The summed E-state index contributed by atoms with van der Waals surface area (Å²) in [5, 5.41) is 18.6. The smallest absolute Gasteiger partial charge is 0.0524 e. The van der Waals surface area contributed by atoms with Gasteiger partial charge < -0.3 is 10.2 Å². The third-order valence-electron chi connectivity index (χ3n) is 0.941. The summed E-state index contributed by atoms with van der Waals surface area (Å²) in [6.07, 6.45) is -0.234. The van der Waals surface area contributed by atoms with Crippen LogP contribution in [0.5, 0.6) is 0 Å². The maximum atomic E-state index is 10.2. The van der Waals surface area contributed by atoms with Crippen LogP contribution in [-0.4, -0.2) is 10.1 Å². The van der Waals surface area contributed by atoms with E-state index in [-0.39, 0.29) is 5.69 Å². The number of aromatic nitrogens is 1. The van der Waals surface area contributed by atoms with E-state index in [1.54, 1.807) is 12.1 Å². The Kier molecular flexibility index (Phi) is 1.77. The second-order valence-corrected chi connectivity index (χ2v) is 1.61. The second-order valence-electron chi connectivity index (χ2n) is 1.61. The Bertz CT molecular complexity index is 174. The first-order valence-corrected chi connectivity index (χ1v) is 2.55. The number of rotatable bonds is 1. The van der Waals surface area contributed by atoms with Gasteiger partial charge in [0.15, 0.2) is 0 Å². The van der Waals surface area contributed by atoms with Crippen LogP contribution in [0.3, 0.4) is 0 Å². The van der Waals surface area contributed by atoms with E-state index in [1.165, 1.54) is 12.3 Å². The van der Waals surface area contributed by atoms with Crippen molar-refractivity contribution in [3.63, 3.8) is 0 Å². The van der Waals surface area contributed by atoms with Gasteiger partial charge in [-0.3, -0.25) is 4.98 Å². The summed E-state index contributed by atoms with van der Waals surface area (Å²) in [7, 11) is 0. The Hall–Kier alpha value is -0.930. The molecule has 1 aromatic rings. The van der Waals surface area contributed by atoms with Crippen molar-refractivity contribution in [1.29, 1.82) is 0 Å². The molecule has 0 spiro atoms. The molecule has 1 aromatic heterocycles. The van der Waals surface area contributed by atoms with Crippen molar-refractivity contribution < 1.29 is 10.2 Å². The number of hydrogen-bond acceptors (Lipinski definition) is 3. The van der Waals surface area contributed by atoms with E-state index in [1.807, 2.05) is 0 Å². The van der Waals surface area contributed by atoms with Crippen molar-refractivity contribution in [2.75, 3.05) is 0 Å². The molecule has 48 valence electrons. The van der Waals surface area contributed by atoms with Gasteiger partial charge in [0.05, 0.1) is 5.69 Å². The lowest BCUT2D eigenvalue weighted by Crippen LogP contribution is -2.14. The van der Waals surface area contributed by atoms with Crippen LogP contribution in [0.4, 0.5) is 0 Å². The lowest BCUT2D eigenvalue weighted by atomic mass is 10.3. The van der Waals surface area contributed by atoms with Gasteiger partial charge in [0.2, 0.25) is 0 Å². The molecule has 1 heterocycles. The molecule has 1 unspecified atom stereocenters. The standard InChI is InChI=1S/C6H6NO2/c8-6(9)5-3-1-2-4-7-5/h1-4,6,8H/q-1. The van der Waals surface area contributed by atoms with Gasteiger partial charge in [-0.25, -0.2) is 0 Å². The third-order valence-corrected chi connectivity index (χ3v) is 0.941. The summed E-state index contributed by atoms with van der Waals surface area (Å²) in [5.74, 6) is 0. The Morgan fingerprint density at radius 2 is 2.33 bits per heavy atom. The minimum absolute atomic E-state index is 0.164. The van der Waals surface area contributed by atoms with Crippen LogP contribution < -0.4 is 5.11 Å². The van der Waals surface area contributed by atoms with Crippen LogP contribution in [0.1, 0.15) is 12.0 Å². The first-order valence-electron chi connectivity index (χ1n) is 2.55. The number of aliphatic hydroxyl groups is 1. The summed E-state index contributed by atoms with van der Waals surface area (Å²) >= 11 is 0. The first kappa shape index (κ1) is 6.19. The fourth-order valence-corrected chi connectivity index (χ4v) is 0.522. The van der Waals surface area contributed by atoms with Crippen LogP contribution in [0, 0.1) is 0 Å². The summed E-state index contributed by atoms with van der Waals surface area (Å²) < 4.78 is 0. The van der Waals surface area contributed by atoms with Crippen molar-refractivity contribution in [3.8, 4) is 0 Å². The van der Waals surface area contributed by atoms with Gasteiger partial charge in [0.1, 0.15) is 0 Å². The summed E-state index contributed by atoms with van der Waals surface area (Å²) in [6, 6.07) is 4.83. The predicted octanol–water partition coefficient (Wildman–Crippen LogP) is -0.567. The second kappa shape index (κ2) is 2.57. The van der Waals surface area contributed by atoms with Crippen LogP contribution >= 0.6 is 0 Å². The van der Waals surface area contributed by atoms with Gasteiger partial charge in [-0.2, -0.15) is 0 Å². The van der Waals surface area contributed by atoms with E-state index >= 15 is 0 Å². The van der Waals surface area contributed by atoms with Crippen molar-refractivity contribution in [1.82, 2.24) is 4.98 Å². The molecule has 1 atom stereocenters. The zero-order chi connectivity index (χ0) is 6.69. The Labute approximate surface area is 52.6 Å². The first-order chi connectivity index (χ1) is 4.30. The Morgan fingerprint density at radius 1 is 1.56 bits per heavy atom. The van der Waals surface area contributed by atoms with Gasteiger partial charge in [-0.05, 0) is 12.1 Å². The van der Waals surface area contributed by atoms with Crippen LogP contribution in [0.25, 0.3) is 0 Å². The molecule has 0 aromatic carbocycles. The normalized spacial score (nSPS) is 13.1. The van der Waals surface area contributed by atoms with E-state index in [0.717, 1.165) is 0 Å². The summed E-state index contributed by atoms with van der Waals surface area (Å²) in [6.45, 7) is 0. The van der Waals surface area contributed by atoms with Crippen molar-refractivity contribution >= 4 is 0 Å². The van der Waals surface area contributed by atoms with Crippen LogP contribution in [0.15, 0.2) is 24.4 Å². The monoisotopic (exact) mass is 124 g/mol. The maximum Gasteiger partial charge on any atom is 0.0524 e. The van der Waals surface area contributed by atoms with E-state index < -0.39 is 6.29 Å². The molecule has 1 N–H and O–H groups in total. The molecule has 0 radical (unpaired) electrons. The van der Waals surface area contributed by atoms with Gasteiger partial charge in [-0.15, -0.1) is 0 Å². The maximum absolute atomic E-state index is 10.2. The molecule has 1 rings (SSSR count). The quantitative estimate of drug-likeness (QED) is 0.510. The highest BCUT2D eigenvalue weighted by Crippen LogP contribution is 1.99. The molecule has 0 aliphatic carbocycles. The molecular formula is C6H6NO2-. The van der Waals surface area contributed by atoms with Gasteiger partial charge in [0, 0.05) is 12.5 Å². The fourth-order valence-electron chi connectivity index (χ4n) is 0.522. The van der Waals surface area contributed by atoms with Crippen molar-refractivity contribution in [2.45, 2.75) is 6.29 Å². The minimum atomic E-state index is -1.70. The molecule has 0 fully saturated rings. The summed E-state index contributed by atoms with van der Waals surface area (Å²) in [5.41, 5.74) is 0.164. The zero-order valence-corrected chi connectivity index (χ0v) is 4.69. The van der Waals surface area contributed by atoms with Crippen molar-refractivity contribution in [3.05, 3.63) is 30.1 Å². The zero-order valence-electron chi connectivity index (χ0n) is 4.69. The Balaban J connectivity index is 2.85. The molecule has 3 nitrogen and oxygen atoms in total. The molecule has 9 heavy (non-hydrogen) atoms. The van der Waals surface area contributed by atoms with Crippen molar-refractivity contribution in [2.24, 2.45) is 0 Å². The van der Waals surface area contributed by atoms with E-state index in [0.29, 0.717) is 0 Å². The average molecular weight is 124 g/mol. The third kappa shape index (κ3) is 1.48. The number of hydrogen-bond donors (Lipinski definition) is 1. The van der Waals surface area contributed by atoms with E-state index in [9.17, 15) is 5.11 Å². The molecule has 0 saturated carbocycles. The van der Waals surface area contributed by atoms with Crippen LogP contribution in [-0.2, 0) is 0 Å².